The zero-order valence-corrected chi connectivity index (χ0v) is 22.0. The zero-order valence-electron chi connectivity index (χ0n) is 21.2. The molecule has 1 fully saturated rings. The van der Waals surface area contributed by atoms with E-state index in [4.69, 9.17) is 30.7 Å². The molecule has 0 spiro atoms. The van der Waals surface area contributed by atoms with E-state index in [-0.39, 0.29) is 11.9 Å². The first kappa shape index (κ1) is 23.9. The first-order chi connectivity index (χ1) is 19.0. The van der Waals surface area contributed by atoms with Crippen molar-refractivity contribution < 1.29 is 9.15 Å². The van der Waals surface area contributed by atoms with E-state index in [0.717, 1.165) is 48.1 Å². The lowest BCUT2D eigenvalue weighted by atomic mass is 9.83. The number of hydrogen-bond donors (Lipinski definition) is 1. The normalized spacial score (nSPS) is 22.3. The Bertz CT molecular complexity index is 1710. The summed E-state index contributed by atoms with van der Waals surface area (Å²) in [5.41, 5.74) is 3.32. The van der Waals surface area contributed by atoms with Gasteiger partial charge in [0, 0.05) is 30.7 Å². The van der Waals surface area contributed by atoms with Crippen LogP contribution in [0.15, 0.2) is 70.2 Å². The van der Waals surface area contributed by atoms with Crippen molar-refractivity contribution in [2.45, 2.75) is 45.2 Å². The van der Waals surface area contributed by atoms with Gasteiger partial charge in [0.1, 0.15) is 23.8 Å². The lowest BCUT2D eigenvalue weighted by Crippen LogP contribution is -2.35. The maximum absolute atomic E-state index is 11.7. The average Bonchev–Trinajstić information content (AvgIpc) is 3.68. The molecule has 198 valence electrons. The van der Waals surface area contributed by atoms with E-state index in [2.05, 4.69) is 37.6 Å². The van der Waals surface area contributed by atoms with Gasteiger partial charge in [-0.15, -0.1) is 5.10 Å². The van der Waals surface area contributed by atoms with Crippen molar-refractivity contribution in [1.29, 1.82) is 0 Å². The minimum Gasteiger partial charge on any atom is -0.465 e. The Morgan fingerprint density at radius 3 is 2.82 bits per heavy atom. The Hall–Kier alpha value is -4.18. The molecule has 0 radical (unpaired) electrons. The fraction of sp³-hybridized carbons (Fsp3) is 0.321. The molecule has 7 rings (SSSR count). The van der Waals surface area contributed by atoms with E-state index in [0.29, 0.717) is 27.8 Å². The predicted molar refractivity (Wildman–Crippen MR) is 147 cm³/mol. The lowest BCUT2D eigenvalue weighted by molar-refractivity contribution is 0.266. The molecule has 10 nitrogen and oxygen atoms in total. The van der Waals surface area contributed by atoms with Crippen LogP contribution in [-0.2, 0) is 11.3 Å². The Balaban J connectivity index is 1.47. The molecule has 1 saturated carbocycles. The Kier molecular flexibility index (Phi) is 5.84. The van der Waals surface area contributed by atoms with Gasteiger partial charge in [-0.25, -0.2) is 19.9 Å². The fourth-order valence-electron chi connectivity index (χ4n) is 5.72. The van der Waals surface area contributed by atoms with Crippen molar-refractivity contribution in [2.75, 3.05) is 4.90 Å². The lowest BCUT2D eigenvalue weighted by Gasteiger charge is -2.32. The van der Waals surface area contributed by atoms with Crippen LogP contribution in [0, 0.1) is 11.8 Å². The van der Waals surface area contributed by atoms with E-state index in [1.165, 1.54) is 12.8 Å². The van der Waals surface area contributed by atoms with Crippen LogP contribution in [0.4, 0.5) is 5.95 Å². The highest BCUT2D eigenvalue weighted by Gasteiger charge is 2.32. The summed E-state index contributed by atoms with van der Waals surface area (Å²) in [6.45, 7) is 3.12. The van der Waals surface area contributed by atoms with E-state index in [9.17, 15) is 4.79 Å². The summed E-state index contributed by atoms with van der Waals surface area (Å²) in [5, 5.41) is 6.82. The number of nitrogens with one attached hydrogen (secondary N) is 1. The second kappa shape index (κ2) is 9.53. The van der Waals surface area contributed by atoms with Gasteiger partial charge in [0.2, 0.25) is 5.95 Å². The number of aromatic nitrogens is 6. The highest BCUT2D eigenvalue weighted by molar-refractivity contribution is 6.30. The van der Waals surface area contributed by atoms with Gasteiger partial charge < -0.3 is 18.6 Å². The fourth-order valence-corrected chi connectivity index (χ4v) is 5.90. The van der Waals surface area contributed by atoms with Gasteiger partial charge in [-0.1, -0.05) is 43.5 Å². The molecule has 11 heteroatoms. The van der Waals surface area contributed by atoms with E-state index in [1.807, 2.05) is 30.5 Å². The quantitative estimate of drug-likeness (QED) is 0.353. The molecule has 0 saturated heterocycles. The van der Waals surface area contributed by atoms with E-state index in [1.54, 1.807) is 18.7 Å². The second-order valence-corrected chi connectivity index (χ2v) is 10.8. The van der Waals surface area contributed by atoms with Gasteiger partial charge in [0.25, 0.3) is 5.89 Å². The van der Waals surface area contributed by atoms with Crippen LogP contribution in [0.25, 0.3) is 33.9 Å². The number of H-pyrrole nitrogens is 1. The van der Waals surface area contributed by atoms with Gasteiger partial charge >= 0.3 is 5.76 Å². The Morgan fingerprint density at radius 2 is 2.03 bits per heavy atom. The molecule has 0 bridgehead atoms. The number of hydrogen-bond acceptors (Lipinski definition) is 8. The number of fused-ring (bicyclic) bond motifs is 2. The summed E-state index contributed by atoms with van der Waals surface area (Å²) in [7, 11) is 0. The number of imidazole rings is 1. The number of anilines is 1. The average molecular weight is 544 g/mol. The van der Waals surface area contributed by atoms with Crippen LogP contribution in [0.3, 0.4) is 0 Å². The molecule has 1 aliphatic heterocycles. The number of allylic oxidation sites excluding steroid dienone is 2. The minimum atomic E-state index is -0.651. The number of nitrogens with zero attached hydrogens (tertiary/aromatic N) is 6. The van der Waals surface area contributed by atoms with Crippen molar-refractivity contribution in [2.24, 2.45) is 11.8 Å². The van der Waals surface area contributed by atoms with Gasteiger partial charge in [-0.05, 0) is 42.9 Å². The predicted octanol–water partition coefficient (Wildman–Crippen LogP) is 5.45. The van der Waals surface area contributed by atoms with Gasteiger partial charge in [0.05, 0.1) is 21.7 Å². The number of ether oxygens (including phenoxy) is 1. The minimum absolute atomic E-state index is 0.0886. The monoisotopic (exact) mass is 543 g/mol. The summed E-state index contributed by atoms with van der Waals surface area (Å²) in [4.78, 5) is 28.3. The third-order valence-electron chi connectivity index (χ3n) is 7.72. The molecular formula is C28H26ClN7O3. The number of pyridine rings is 2. The Morgan fingerprint density at radius 1 is 1.15 bits per heavy atom. The zero-order chi connectivity index (χ0) is 26.5. The van der Waals surface area contributed by atoms with Crippen molar-refractivity contribution >= 4 is 28.6 Å². The molecule has 5 heterocycles. The van der Waals surface area contributed by atoms with Gasteiger partial charge in [0.15, 0.2) is 0 Å². The Labute approximate surface area is 228 Å². The molecule has 3 aliphatic rings. The molecule has 4 aromatic rings. The van der Waals surface area contributed by atoms with Crippen LogP contribution in [0.5, 0.6) is 0 Å². The SMILES string of the molecule is CC1CCC(Cn2c(N3C=COC4=CC=C[C@H]43)nc3cc(-c4n[nH]c(=O)o4)nc(-c4cncc(Cl)c4)c32)CC1. The molecule has 39 heavy (non-hydrogen) atoms. The molecule has 1 atom stereocenters. The largest absolute Gasteiger partial charge is 0.465 e. The third-order valence-corrected chi connectivity index (χ3v) is 7.92. The number of halogens is 1. The molecule has 1 N–H and O–H groups in total. The van der Waals surface area contributed by atoms with Crippen molar-refractivity contribution in [3.63, 3.8) is 0 Å². The maximum atomic E-state index is 11.7. The smallest absolute Gasteiger partial charge is 0.434 e. The topological polar surface area (TPSA) is 115 Å². The van der Waals surface area contributed by atoms with Crippen LogP contribution in [0.1, 0.15) is 32.6 Å². The van der Waals surface area contributed by atoms with Crippen molar-refractivity contribution in [3.05, 3.63) is 76.5 Å². The molecule has 4 aromatic heterocycles. The first-order valence-electron chi connectivity index (χ1n) is 13.1. The van der Waals surface area contributed by atoms with E-state index < -0.39 is 5.76 Å². The van der Waals surface area contributed by atoms with Crippen LogP contribution in [-0.4, -0.2) is 35.8 Å². The van der Waals surface area contributed by atoms with Gasteiger partial charge in [-0.2, -0.15) is 0 Å². The van der Waals surface area contributed by atoms with Gasteiger partial charge in [-0.3, -0.25) is 4.98 Å². The third kappa shape index (κ3) is 4.34. The summed E-state index contributed by atoms with van der Waals surface area (Å²) in [6, 6.07) is 3.55. The standard InChI is InChI=1S/C28H26ClN7O3/c1-16-5-7-17(8-6-16)15-36-25-20(32-27(36)35-9-10-38-23-4-2-3-22(23)35)12-21(26-33-34-28(37)39-26)31-24(25)18-11-19(29)14-30-13-18/h2-4,9-14,16-17,22H,5-8,15H2,1H3,(H,34,37)/t16?,17?,22-/m1/s1. The summed E-state index contributed by atoms with van der Waals surface area (Å²) in [6.07, 6.45) is 17.7. The number of aromatic amines is 1. The summed E-state index contributed by atoms with van der Waals surface area (Å²) >= 11 is 6.37. The van der Waals surface area contributed by atoms with Crippen molar-refractivity contribution in [3.8, 4) is 22.8 Å². The highest BCUT2D eigenvalue weighted by Crippen LogP contribution is 2.39. The van der Waals surface area contributed by atoms with E-state index >= 15 is 0 Å². The van der Waals surface area contributed by atoms with Crippen LogP contribution >= 0.6 is 11.6 Å². The molecule has 2 aliphatic carbocycles. The first-order valence-corrected chi connectivity index (χ1v) is 13.5. The second-order valence-electron chi connectivity index (χ2n) is 10.4. The molecule has 0 aromatic carbocycles. The molecule has 0 amide bonds. The maximum Gasteiger partial charge on any atom is 0.434 e. The van der Waals surface area contributed by atoms with Crippen molar-refractivity contribution in [1.82, 2.24) is 29.7 Å². The summed E-state index contributed by atoms with van der Waals surface area (Å²) in [5.74, 6) is 2.32. The number of rotatable bonds is 5. The van der Waals surface area contributed by atoms with Crippen LogP contribution in [0.2, 0.25) is 5.02 Å². The van der Waals surface area contributed by atoms with Crippen LogP contribution < -0.4 is 10.7 Å². The summed E-state index contributed by atoms with van der Waals surface area (Å²) < 4.78 is 13.3. The highest BCUT2D eigenvalue weighted by atomic mass is 35.5. The molecule has 0 unspecified atom stereocenters. The molecular weight excluding hydrogens is 518 g/mol.